The zero-order valence-corrected chi connectivity index (χ0v) is 14.3. The van der Waals surface area contributed by atoms with Gasteiger partial charge >= 0.3 is 0 Å². The van der Waals surface area contributed by atoms with Crippen molar-refractivity contribution in [3.63, 3.8) is 0 Å². The van der Waals surface area contributed by atoms with Gasteiger partial charge in [-0.2, -0.15) is 0 Å². The van der Waals surface area contributed by atoms with Gasteiger partial charge in [0.15, 0.2) is 0 Å². The van der Waals surface area contributed by atoms with E-state index < -0.39 is 36.7 Å². The van der Waals surface area contributed by atoms with Gasteiger partial charge in [0.2, 0.25) is 5.91 Å². The second-order valence-corrected chi connectivity index (χ2v) is 7.10. The van der Waals surface area contributed by atoms with Crippen LogP contribution in [0.25, 0.3) is 0 Å². The standard InChI is InChI=1S/C18H22F2N2O3/c1-10(2)25-15-7-12(5-6-13(15)11-3-4-11)17(24)22-9-18(19,20)8-14(22)16(21)23/h5-7,10-11,14H,3-4,8-9H2,1-2H3,(H2,21,23). The van der Waals surface area contributed by atoms with Crippen LogP contribution in [0.3, 0.4) is 0 Å². The molecule has 1 saturated carbocycles. The number of primary amides is 1. The Balaban J connectivity index is 1.90. The van der Waals surface area contributed by atoms with Gasteiger partial charge in [-0.25, -0.2) is 8.78 Å². The molecule has 136 valence electrons. The molecular formula is C18H22F2N2O3. The number of hydrogen-bond donors (Lipinski definition) is 1. The number of carbonyl (C=O) groups is 2. The maximum absolute atomic E-state index is 13.7. The van der Waals surface area contributed by atoms with Crippen molar-refractivity contribution in [3.8, 4) is 5.75 Å². The molecule has 2 N–H and O–H groups in total. The summed E-state index contributed by atoms with van der Waals surface area (Å²) in [4.78, 5) is 25.1. The number of nitrogens with two attached hydrogens (primary N) is 1. The lowest BCUT2D eigenvalue weighted by molar-refractivity contribution is -0.121. The fourth-order valence-electron chi connectivity index (χ4n) is 3.21. The largest absolute Gasteiger partial charge is 0.491 e. The Kier molecular flexibility index (Phi) is 4.43. The van der Waals surface area contributed by atoms with E-state index in [9.17, 15) is 18.4 Å². The number of carbonyl (C=O) groups excluding carboxylic acids is 2. The number of ether oxygens (including phenoxy) is 1. The molecule has 1 aliphatic heterocycles. The smallest absolute Gasteiger partial charge is 0.267 e. The molecule has 1 aromatic rings. The average molecular weight is 352 g/mol. The number of benzene rings is 1. The van der Waals surface area contributed by atoms with E-state index in [0.29, 0.717) is 11.7 Å². The van der Waals surface area contributed by atoms with Crippen LogP contribution in [0.2, 0.25) is 0 Å². The summed E-state index contributed by atoms with van der Waals surface area (Å²) in [6, 6.07) is 3.72. The molecule has 5 nitrogen and oxygen atoms in total. The molecule has 7 heteroatoms. The summed E-state index contributed by atoms with van der Waals surface area (Å²) in [6.45, 7) is 2.97. The fourth-order valence-corrected chi connectivity index (χ4v) is 3.21. The first-order chi connectivity index (χ1) is 11.7. The number of halogens is 2. The van der Waals surface area contributed by atoms with Gasteiger partial charge in [0.25, 0.3) is 11.8 Å². The van der Waals surface area contributed by atoms with Crippen molar-refractivity contribution in [1.29, 1.82) is 0 Å². The van der Waals surface area contributed by atoms with E-state index in [1.54, 1.807) is 12.1 Å². The normalized spacial score (nSPS) is 22.3. The summed E-state index contributed by atoms with van der Waals surface area (Å²) in [6.07, 6.45) is 1.34. The van der Waals surface area contributed by atoms with Crippen LogP contribution in [0.15, 0.2) is 18.2 Å². The second-order valence-electron chi connectivity index (χ2n) is 7.10. The van der Waals surface area contributed by atoms with E-state index in [1.807, 2.05) is 19.9 Å². The highest BCUT2D eigenvalue weighted by Gasteiger charge is 2.49. The summed E-state index contributed by atoms with van der Waals surface area (Å²) in [5, 5.41) is 0. The first kappa shape index (κ1) is 17.6. The van der Waals surface area contributed by atoms with E-state index in [1.165, 1.54) is 0 Å². The Morgan fingerprint density at radius 1 is 1.32 bits per heavy atom. The number of hydrogen-bond acceptors (Lipinski definition) is 3. The Bertz CT molecular complexity index is 702. The molecule has 1 heterocycles. The van der Waals surface area contributed by atoms with Crippen LogP contribution in [-0.4, -0.2) is 41.3 Å². The van der Waals surface area contributed by atoms with Gasteiger partial charge in [-0.3, -0.25) is 9.59 Å². The lowest BCUT2D eigenvalue weighted by atomic mass is 10.0. The minimum Gasteiger partial charge on any atom is -0.491 e. The molecule has 0 radical (unpaired) electrons. The van der Waals surface area contributed by atoms with E-state index in [4.69, 9.17) is 10.5 Å². The summed E-state index contributed by atoms with van der Waals surface area (Å²) in [5.41, 5.74) is 6.46. The SMILES string of the molecule is CC(C)Oc1cc(C(=O)N2CC(F)(F)CC2C(N)=O)ccc1C1CC1. The van der Waals surface area contributed by atoms with Crippen molar-refractivity contribution >= 4 is 11.8 Å². The first-order valence-corrected chi connectivity index (χ1v) is 8.46. The summed E-state index contributed by atoms with van der Waals surface area (Å²) in [7, 11) is 0. The topological polar surface area (TPSA) is 72.6 Å². The van der Waals surface area contributed by atoms with E-state index >= 15 is 0 Å². The molecule has 3 rings (SSSR count). The molecule has 0 aromatic heterocycles. The van der Waals surface area contributed by atoms with Crippen molar-refractivity contribution in [2.24, 2.45) is 5.73 Å². The van der Waals surface area contributed by atoms with Gasteiger partial charge in [-0.05, 0) is 50.3 Å². The maximum Gasteiger partial charge on any atom is 0.267 e. The van der Waals surface area contributed by atoms with Crippen LogP contribution in [0, 0.1) is 0 Å². The molecule has 2 amide bonds. The van der Waals surface area contributed by atoms with Crippen molar-refractivity contribution in [3.05, 3.63) is 29.3 Å². The number of nitrogens with zero attached hydrogens (tertiary/aromatic N) is 1. The number of amides is 2. The predicted molar refractivity (Wildman–Crippen MR) is 87.8 cm³/mol. The van der Waals surface area contributed by atoms with Crippen LogP contribution in [0.1, 0.15) is 54.9 Å². The molecule has 25 heavy (non-hydrogen) atoms. The van der Waals surface area contributed by atoms with Gasteiger partial charge in [0, 0.05) is 12.0 Å². The van der Waals surface area contributed by atoms with Gasteiger partial charge in [-0.1, -0.05) is 6.07 Å². The Morgan fingerprint density at radius 2 is 2.00 bits per heavy atom. The van der Waals surface area contributed by atoms with Gasteiger partial charge in [0.05, 0.1) is 12.6 Å². The van der Waals surface area contributed by atoms with E-state index in [2.05, 4.69) is 0 Å². The zero-order valence-electron chi connectivity index (χ0n) is 14.3. The molecule has 2 aliphatic rings. The predicted octanol–water partition coefficient (Wildman–Crippen LogP) is 2.69. The van der Waals surface area contributed by atoms with Crippen LogP contribution >= 0.6 is 0 Å². The molecule has 0 bridgehead atoms. The average Bonchev–Trinajstić information content (AvgIpc) is 3.29. The van der Waals surface area contributed by atoms with Gasteiger partial charge in [-0.15, -0.1) is 0 Å². The third-order valence-corrected chi connectivity index (χ3v) is 4.50. The first-order valence-electron chi connectivity index (χ1n) is 8.46. The molecule has 1 aliphatic carbocycles. The lowest BCUT2D eigenvalue weighted by Gasteiger charge is -2.22. The molecule has 1 aromatic carbocycles. The molecule has 0 spiro atoms. The summed E-state index contributed by atoms with van der Waals surface area (Å²) < 4.78 is 33.2. The van der Waals surface area contributed by atoms with Crippen LogP contribution in [0.5, 0.6) is 5.75 Å². The minimum atomic E-state index is -3.11. The van der Waals surface area contributed by atoms with Gasteiger partial charge in [0.1, 0.15) is 11.8 Å². The molecule has 1 unspecified atom stereocenters. The monoisotopic (exact) mass is 352 g/mol. The number of likely N-dealkylation sites (tertiary alicyclic amines) is 1. The third kappa shape index (κ3) is 3.75. The van der Waals surface area contributed by atoms with Crippen LogP contribution < -0.4 is 10.5 Å². The fraction of sp³-hybridized carbons (Fsp3) is 0.556. The Labute approximate surface area is 145 Å². The quantitative estimate of drug-likeness (QED) is 0.885. The number of alkyl halides is 2. The lowest BCUT2D eigenvalue weighted by Crippen LogP contribution is -2.43. The van der Waals surface area contributed by atoms with Crippen molar-refractivity contribution in [2.75, 3.05) is 6.54 Å². The maximum atomic E-state index is 13.7. The number of rotatable bonds is 5. The minimum absolute atomic E-state index is 0.0719. The highest BCUT2D eigenvalue weighted by atomic mass is 19.3. The summed E-state index contributed by atoms with van der Waals surface area (Å²) >= 11 is 0. The van der Waals surface area contributed by atoms with Crippen LogP contribution in [-0.2, 0) is 4.79 Å². The van der Waals surface area contributed by atoms with Crippen molar-refractivity contribution in [2.45, 2.75) is 57.1 Å². The Morgan fingerprint density at radius 3 is 2.56 bits per heavy atom. The molecule has 1 saturated heterocycles. The zero-order chi connectivity index (χ0) is 18.4. The van der Waals surface area contributed by atoms with Crippen molar-refractivity contribution in [1.82, 2.24) is 4.90 Å². The second kappa shape index (κ2) is 6.28. The third-order valence-electron chi connectivity index (χ3n) is 4.50. The van der Waals surface area contributed by atoms with E-state index in [0.717, 1.165) is 23.3 Å². The van der Waals surface area contributed by atoms with Gasteiger partial charge < -0.3 is 15.4 Å². The molecule has 1 atom stereocenters. The van der Waals surface area contributed by atoms with E-state index in [-0.39, 0.29) is 11.7 Å². The molecule has 2 fully saturated rings. The van der Waals surface area contributed by atoms with Crippen molar-refractivity contribution < 1.29 is 23.1 Å². The summed E-state index contributed by atoms with van der Waals surface area (Å²) in [5.74, 6) is -3.63. The molecular weight excluding hydrogens is 330 g/mol. The highest BCUT2D eigenvalue weighted by Crippen LogP contribution is 2.45. The Hall–Kier alpha value is -2.18. The van der Waals surface area contributed by atoms with Crippen LogP contribution in [0.4, 0.5) is 8.78 Å². The highest BCUT2D eigenvalue weighted by molar-refractivity contribution is 5.98.